The van der Waals surface area contributed by atoms with Crippen LogP contribution >= 0.6 is 15.9 Å². The number of hydrogen-bond donors (Lipinski definition) is 0. The first-order valence-corrected chi connectivity index (χ1v) is 6.35. The summed E-state index contributed by atoms with van der Waals surface area (Å²) in [5.41, 5.74) is 0. The third-order valence-electron chi connectivity index (χ3n) is 3.74. The average Bonchev–Trinajstić information content (AvgIpc) is 2.68. The van der Waals surface area contributed by atoms with Gasteiger partial charge < -0.3 is 4.42 Å². The molecule has 1 aromatic heterocycles. The molecule has 1 aliphatic heterocycles. The number of hydrogen-bond acceptors (Lipinski definition) is 2. The van der Waals surface area contributed by atoms with E-state index in [0.717, 1.165) is 28.8 Å². The fourth-order valence-electron chi connectivity index (χ4n) is 2.36. The lowest BCUT2D eigenvalue weighted by Gasteiger charge is -2.21. The molecule has 0 radical (unpaired) electrons. The van der Waals surface area contributed by atoms with Crippen molar-refractivity contribution in [2.75, 3.05) is 6.54 Å². The summed E-state index contributed by atoms with van der Waals surface area (Å²) >= 11 is 3.34. The summed E-state index contributed by atoms with van der Waals surface area (Å²) in [6.07, 6.45) is 0. The van der Waals surface area contributed by atoms with Gasteiger partial charge in [0.2, 0.25) is 0 Å². The smallest absolute Gasteiger partial charge is 0.169 e. The molecule has 0 aliphatic carbocycles. The summed E-state index contributed by atoms with van der Waals surface area (Å²) in [4.78, 5) is 2.50. The molecule has 15 heavy (non-hydrogen) atoms. The van der Waals surface area contributed by atoms with Crippen LogP contribution in [0.25, 0.3) is 0 Å². The van der Waals surface area contributed by atoms with Crippen molar-refractivity contribution < 1.29 is 4.42 Å². The van der Waals surface area contributed by atoms with Gasteiger partial charge in [-0.05, 0) is 46.8 Å². The van der Waals surface area contributed by atoms with E-state index < -0.39 is 0 Å². The molecular weight excluding hydrogens is 254 g/mol. The highest BCUT2D eigenvalue weighted by Crippen LogP contribution is 2.30. The van der Waals surface area contributed by atoms with Crippen molar-refractivity contribution in [1.82, 2.24) is 4.90 Å². The van der Waals surface area contributed by atoms with Crippen LogP contribution in [0.1, 0.15) is 26.5 Å². The number of furan rings is 1. The number of nitrogens with zero attached hydrogens (tertiary/aromatic N) is 1. The molecular formula is C12H18BrNO. The minimum Gasteiger partial charge on any atom is -0.453 e. The Hall–Kier alpha value is -0.280. The molecule has 3 heteroatoms. The molecule has 0 N–H and O–H groups in total. The summed E-state index contributed by atoms with van der Waals surface area (Å²) in [6, 6.07) is 4.66. The highest BCUT2D eigenvalue weighted by molar-refractivity contribution is 9.10. The maximum Gasteiger partial charge on any atom is 0.169 e. The van der Waals surface area contributed by atoms with E-state index in [4.69, 9.17) is 4.42 Å². The molecule has 0 saturated carbocycles. The first kappa shape index (κ1) is 11.2. The third-order valence-corrected chi connectivity index (χ3v) is 4.17. The van der Waals surface area contributed by atoms with Gasteiger partial charge in [-0.1, -0.05) is 13.8 Å². The van der Waals surface area contributed by atoms with Crippen molar-refractivity contribution in [3.05, 3.63) is 22.6 Å². The third kappa shape index (κ3) is 2.28. The molecule has 1 aromatic rings. The van der Waals surface area contributed by atoms with E-state index in [9.17, 15) is 0 Å². The molecule has 3 unspecified atom stereocenters. The Kier molecular flexibility index (Phi) is 3.21. The molecule has 1 saturated heterocycles. The van der Waals surface area contributed by atoms with Crippen molar-refractivity contribution >= 4 is 15.9 Å². The first-order valence-electron chi connectivity index (χ1n) is 5.56. The van der Waals surface area contributed by atoms with Crippen molar-refractivity contribution in [3.8, 4) is 0 Å². The zero-order valence-electron chi connectivity index (χ0n) is 9.53. The Morgan fingerprint density at radius 3 is 2.60 bits per heavy atom. The molecule has 1 fully saturated rings. The van der Waals surface area contributed by atoms with Crippen LogP contribution in [0.5, 0.6) is 0 Å². The van der Waals surface area contributed by atoms with E-state index in [-0.39, 0.29) is 0 Å². The van der Waals surface area contributed by atoms with Crippen molar-refractivity contribution in [2.45, 2.75) is 33.4 Å². The second kappa shape index (κ2) is 4.30. The Labute approximate surface area is 99.8 Å². The van der Waals surface area contributed by atoms with Crippen LogP contribution in [-0.2, 0) is 6.54 Å². The Bertz CT molecular complexity index is 336. The molecule has 2 heterocycles. The predicted octanol–water partition coefficient (Wildman–Crippen LogP) is 3.52. The number of rotatable bonds is 2. The van der Waals surface area contributed by atoms with E-state index >= 15 is 0 Å². The number of likely N-dealkylation sites (tertiary alicyclic amines) is 1. The Morgan fingerprint density at radius 2 is 2.13 bits per heavy atom. The SMILES string of the molecule is CC1CN(Cc2ccc(Br)o2)C(C)C1C. The lowest BCUT2D eigenvalue weighted by Crippen LogP contribution is -2.28. The molecule has 0 bridgehead atoms. The van der Waals surface area contributed by atoms with Gasteiger partial charge in [0.1, 0.15) is 5.76 Å². The van der Waals surface area contributed by atoms with Crippen LogP contribution in [0.15, 0.2) is 21.2 Å². The van der Waals surface area contributed by atoms with Crippen LogP contribution in [0.4, 0.5) is 0 Å². The molecule has 2 nitrogen and oxygen atoms in total. The molecule has 0 amide bonds. The van der Waals surface area contributed by atoms with E-state index in [1.54, 1.807) is 0 Å². The van der Waals surface area contributed by atoms with Crippen LogP contribution in [0.3, 0.4) is 0 Å². The summed E-state index contributed by atoms with van der Waals surface area (Å²) in [5.74, 6) is 2.62. The van der Waals surface area contributed by atoms with Gasteiger partial charge in [-0.25, -0.2) is 0 Å². The van der Waals surface area contributed by atoms with E-state index in [0.29, 0.717) is 6.04 Å². The molecule has 0 spiro atoms. The zero-order chi connectivity index (χ0) is 11.0. The van der Waals surface area contributed by atoms with Gasteiger partial charge in [-0.3, -0.25) is 4.90 Å². The van der Waals surface area contributed by atoms with Gasteiger partial charge in [-0.2, -0.15) is 0 Å². The highest BCUT2D eigenvalue weighted by atomic mass is 79.9. The second-order valence-electron chi connectivity index (χ2n) is 4.71. The topological polar surface area (TPSA) is 16.4 Å². The fourth-order valence-corrected chi connectivity index (χ4v) is 2.70. The quantitative estimate of drug-likeness (QED) is 0.819. The van der Waals surface area contributed by atoms with Crippen molar-refractivity contribution in [2.24, 2.45) is 11.8 Å². The lowest BCUT2D eigenvalue weighted by molar-refractivity contribution is 0.219. The van der Waals surface area contributed by atoms with Crippen LogP contribution in [0, 0.1) is 11.8 Å². The van der Waals surface area contributed by atoms with Crippen molar-refractivity contribution in [3.63, 3.8) is 0 Å². The molecule has 3 atom stereocenters. The summed E-state index contributed by atoms with van der Waals surface area (Å²) in [7, 11) is 0. The van der Waals surface area contributed by atoms with Gasteiger partial charge >= 0.3 is 0 Å². The highest BCUT2D eigenvalue weighted by Gasteiger charge is 2.33. The Morgan fingerprint density at radius 1 is 1.40 bits per heavy atom. The van der Waals surface area contributed by atoms with E-state index in [1.165, 1.54) is 6.54 Å². The molecule has 0 aromatic carbocycles. The van der Waals surface area contributed by atoms with Gasteiger partial charge in [-0.15, -0.1) is 0 Å². The average molecular weight is 272 g/mol. The largest absolute Gasteiger partial charge is 0.453 e. The fraction of sp³-hybridized carbons (Fsp3) is 0.667. The van der Waals surface area contributed by atoms with Gasteiger partial charge in [0.25, 0.3) is 0 Å². The van der Waals surface area contributed by atoms with Crippen LogP contribution in [0.2, 0.25) is 0 Å². The van der Waals surface area contributed by atoms with E-state index in [2.05, 4.69) is 41.6 Å². The normalized spacial score (nSPS) is 32.4. The number of halogens is 1. The summed E-state index contributed by atoms with van der Waals surface area (Å²) < 4.78 is 6.36. The second-order valence-corrected chi connectivity index (χ2v) is 5.49. The van der Waals surface area contributed by atoms with Gasteiger partial charge in [0, 0.05) is 12.6 Å². The van der Waals surface area contributed by atoms with Gasteiger partial charge in [0.15, 0.2) is 4.67 Å². The van der Waals surface area contributed by atoms with Gasteiger partial charge in [0.05, 0.1) is 6.54 Å². The minimum absolute atomic E-state index is 0.656. The maximum absolute atomic E-state index is 5.54. The Balaban J connectivity index is 2.01. The molecule has 2 rings (SSSR count). The summed E-state index contributed by atoms with van der Waals surface area (Å²) in [5, 5.41) is 0. The lowest BCUT2D eigenvalue weighted by atomic mass is 9.95. The van der Waals surface area contributed by atoms with E-state index in [1.807, 2.05) is 12.1 Å². The van der Waals surface area contributed by atoms with Crippen LogP contribution in [-0.4, -0.2) is 17.5 Å². The monoisotopic (exact) mass is 271 g/mol. The maximum atomic E-state index is 5.54. The minimum atomic E-state index is 0.656. The first-order chi connectivity index (χ1) is 7.08. The summed E-state index contributed by atoms with van der Waals surface area (Å²) in [6.45, 7) is 9.10. The predicted molar refractivity (Wildman–Crippen MR) is 64.6 cm³/mol. The molecule has 84 valence electrons. The standard InChI is InChI=1S/C12H18BrNO/c1-8-6-14(10(3)9(8)2)7-11-4-5-12(13)15-11/h4-5,8-10H,6-7H2,1-3H3. The molecule has 1 aliphatic rings. The van der Waals surface area contributed by atoms with Crippen LogP contribution < -0.4 is 0 Å². The van der Waals surface area contributed by atoms with Crippen molar-refractivity contribution in [1.29, 1.82) is 0 Å². The zero-order valence-corrected chi connectivity index (χ0v) is 11.1.